The van der Waals surface area contributed by atoms with Gasteiger partial charge in [-0.25, -0.2) is 0 Å². The number of methoxy groups -OCH3 is 2. The highest BCUT2D eigenvalue weighted by molar-refractivity contribution is 5.90. The smallest absolute Gasteiger partial charge is 0.188 e. The van der Waals surface area contributed by atoms with Crippen LogP contribution in [0.4, 0.5) is 0 Å². The molecule has 3 heteroatoms. The highest BCUT2D eigenvalue weighted by Gasteiger charge is 2.08. The Labute approximate surface area is 94.5 Å². The van der Waals surface area contributed by atoms with E-state index in [-0.39, 0.29) is 6.79 Å². The van der Waals surface area contributed by atoms with Crippen LogP contribution in [0.1, 0.15) is 0 Å². The number of benzene rings is 2. The summed E-state index contributed by atoms with van der Waals surface area (Å²) in [4.78, 5) is 0. The van der Waals surface area contributed by atoms with Crippen LogP contribution in [0.2, 0.25) is 0 Å². The van der Waals surface area contributed by atoms with Gasteiger partial charge in [0.1, 0.15) is 0 Å². The van der Waals surface area contributed by atoms with Gasteiger partial charge in [-0.3, -0.25) is 0 Å². The summed E-state index contributed by atoms with van der Waals surface area (Å²) in [5.74, 6) is 1.44. The van der Waals surface area contributed by atoms with E-state index in [1.165, 1.54) is 0 Å². The standard InChI is InChI=1S/C13H14O3/c1-14-9-16-12-8-7-10-5-3-4-6-11(10)13(12)15-2/h3-8H,9H2,1-2H3. The molecular formula is C13H14O3. The first-order valence-corrected chi connectivity index (χ1v) is 5.04. The highest BCUT2D eigenvalue weighted by Crippen LogP contribution is 2.35. The second-order valence-corrected chi connectivity index (χ2v) is 3.37. The lowest BCUT2D eigenvalue weighted by Gasteiger charge is -2.12. The Hall–Kier alpha value is -1.74. The minimum atomic E-state index is 0.217. The lowest BCUT2D eigenvalue weighted by molar-refractivity contribution is 0.0493. The molecule has 84 valence electrons. The van der Waals surface area contributed by atoms with Crippen molar-refractivity contribution in [1.29, 1.82) is 0 Å². The van der Waals surface area contributed by atoms with Crippen LogP contribution in [-0.4, -0.2) is 21.0 Å². The second-order valence-electron chi connectivity index (χ2n) is 3.37. The fourth-order valence-electron chi connectivity index (χ4n) is 1.67. The Morgan fingerprint density at radius 3 is 2.56 bits per heavy atom. The lowest BCUT2D eigenvalue weighted by atomic mass is 10.1. The predicted molar refractivity (Wildman–Crippen MR) is 63.0 cm³/mol. The van der Waals surface area contributed by atoms with Gasteiger partial charge in [-0.1, -0.05) is 30.3 Å². The molecule has 2 aromatic carbocycles. The molecule has 0 N–H and O–H groups in total. The first kappa shape index (κ1) is 10.8. The molecule has 2 rings (SSSR count). The topological polar surface area (TPSA) is 27.7 Å². The van der Waals surface area contributed by atoms with E-state index in [0.717, 1.165) is 16.5 Å². The summed E-state index contributed by atoms with van der Waals surface area (Å²) in [6, 6.07) is 11.9. The van der Waals surface area contributed by atoms with E-state index in [4.69, 9.17) is 14.2 Å². The van der Waals surface area contributed by atoms with Gasteiger partial charge in [0, 0.05) is 12.5 Å². The Balaban J connectivity index is 2.50. The van der Waals surface area contributed by atoms with Crippen LogP contribution in [0, 0.1) is 0 Å². The molecule has 2 aromatic rings. The normalized spacial score (nSPS) is 10.4. The molecule has 0 saturated carbocycles. The van der Waals surface area contributed by atoms with Crippen molar-refractivity contribution in [2.45, 2.75) is 0 Å². The van der Waals surface area contributed by atoms with Crippen LogP contribution in [0.15, 0.2) is 36.4 Å². The average Bonchev–Trinajstić information content (AvgIpc) is 2.35. The van der Waals surface area contributed by atoms with Crippen molar-refractivity contribution in [2.75, 3.05) is 21.0 Å². The molecule has 0 unspecified atom stereocenters. The van der Waals surface area contributed by atoms with E-state index < -0.39 is 0 Å². The number of hydrogen-bond acceptors (Lipinski definition) is 3. The van der Waals surface area contributed by atoms with Gasteiger partial charge in [0.25, 0.3) is 0 Å². The van der Waals surface area contributed by atoms with E-state index in [1.54, 1.807) is 14.2 Å². The van der Waals surface area contributed by atoms with Gasteiger partial charge in [-0.05, 0) is 11.5 Å². The third-order valence-corrected chi connectivity index (χ3v) is 2.38. The lowest BCUT2D eigenvalue weighted by Crippen LogP contribution is -2.00. The Kier molecular flexibility index (Phi) is 3.27. The van der Waals surface area contributed by atoms with Crippen molar-refractivity contribution in [3.8, 4) is 11.5 Å². The van der Waals surface area contributed by atoms with Crippen LogP contribution in [-0.2, 0) is 4.74 Å². The number of hydrogen-bond donors (Lipinski definition) is 0. The molecular weight excluding hydrogens is 204 g/mol. The van der Waals surface area contributed by atoms with Crippen LogP contribution in [0.3, 0.4) is 0 Å². The Morgan fingerprint density at radius 1 is 1.00 bits per heavy atom. The fourth-order valence-corrected chi connectivity index (χ4v) is 1.67. The zero-order valence-electron chi connectivity index (χ0n) is 9.40. The zero-order valence-corrected chi connectivity index (χ0v) is 9.40. The summed E-state index contributed by atoms with van der Waals surface area (Å²) in [6.07, 6.45) is 0. The van der Waals surface area contributed by atoms with Gasteiger partial charge in [0.15, 0.2) is 18.3 Å². The number of fused-ring (bicyclic) bond motifs is 1. The van der Waals surface area contributed by atoms with Crippen molar-refractivity contribution in [2.24, 2.45) is 0 Å². The maximum atomic E-state index is 5.44. The van der Waals surface area contributed by atoms with E-state index in [9.17, 15) is 0 Å². The van der Waals surface area contributed by atoms with Crippen molar-refractivity contribution in [3.63, 3.8) is 0 Å². The molecule has 3 nitrogen and oxygen atoms in total. The first-order chi connectivity index (χ1) is 7.86. The SMILES string of the molecule is COCOc1ccc2ccccc2c1OC. The molecule has 16 heavy (non-hydrogen) atoms. The largest absolute Gasteiger partial charge is 0.492 e. The van der Waals surface area contributed by atoms with Crippen LogP contribution >= 0.6 is 0 Å². The third-order valence-electron chi connectivity index (χ3n) is 2.38. The van der Waals surface area contributed by atoms with Crippen molar-refractivity contribution >= 4 is 10.8 Å². The van der Waals surface area contributed by atoms with Crippen molar-refractivity contribution < 1.29 is 14.2 Å². The molecule has 0 aliphatic carbocycles. The quantitative estimate of drug-likeness (QED) is 0.738. The fraction of sp³-hybridized carbons (Fsp3) is 0.231. The molecule has 0 saturated heterocycles. The van der Waals surface area contributed by atoms with Gasteiger partial charge in [0.2, 0.25) is 0 Å². The molecule has 0 radical (unpaired) electrons. The molecule has 0 amide bonds. The maximum Gasteiger partial charge on any atom is 0.188 e. The number of ether oxygens (including phenoxy) is 3. The summed E-state index contributed by atoms with van der Waals surface area (Å²) >= 11 is 0. The molecule has 0 aromatic heterocycles. The van der Waals surface area contributed by atoms with Crippen LogP contribution in [0.5, 0.6) is 11.5 Å². The maximum absolute atomic E-state index is 5.44. The molecule has 0 fully saturated rings. The van der Waals surface area contributed by atoms with Gasteiger partial charge in [-0.15, -0.1) is 0 Å². The van der Waals surface area contributed by atoms with Crippen molar-refractivity contribution in [1.82, 2.24) is 0 Å². The summed E-state index contributed by atoms with van der Waals surface area (Å²) in [5, 5.41) is 2.17. The summed E-state index contributed by atoms with van der Waals surface area (Å²) in [6.45, 7) is 0.217. The molecule has 0 heterocycles. The Bertz CT molecular complexity index is 480. The zero-order chi connectivity index (χ0) is 11.4. The Morgan fingerprint density at radius 2 is 1.81 bits per heavy atom. The van der Waals surface area contributed by atoms with Gasteiger partial charge in [-0.2, -0.15) is 0 Å². The summed E-state index contributed by atoms with van der Waals surface area (Å²) in [5.41, 5.74) is 0. The summed E-state index contributed by atoms with van der Waals surface area (Å²) < 4.78 is 15.7. The van der Waals surface area contributed by atoms with Gasteiger partial charge in [0.05, 0.1) is 7.11 Å². The molecule has 0 spiro atoms. The molecule has 0 atom stereocenters. The van der Waals surface area contributed by atoms with E-state index in [2.05, 4.69) is 0 Å². The average molecular weight is 218 g/mol. The highest BCUT2D eigenvalue weighted by atomic mass is 16.7. The molecule has 0 aliphatic heterocycles. The predicted octanol–water partition coefficient (Wildman–Crippen LogP) is 2.83. The second kappa shape index (κ2) is 4.86. The minimum absolute atomic E-state index is 0.217. The monoisotopic (exact) mass is 218 g/mol. The number of rotatable bonds is 4. The van der Waals surface area contributed by atoms with Gasteiger partial charge < -0.3 is 14.2 Å². The van der Waals surface area contributed by atoms with E-state index in [1.807, 2.05) is 36.4 Å². The first-order valence-electron chi connectivity index (χ1n) is 5.04. The van der Waals surface area contributed by atoms with E-state index in [0.29, 0.717) is 5.75 Å². The summed E-state index contributed by atoms with van der Waals surface area (Å²) in [7, 11) is 3.23. The van der Waals surface area contributed by atoms with Crippen LogP contribution < -0.4 is 9.47 Å². The van der Waals surface area contributed by atoms with Crippen molar-refractivity contribution in [3.05, 3.63) is 36.4 Å². The molecule has 0 aliphatic rings. The van der Waals surface area contributed by atoms with Gasteiger partial charge >= 0.3 is 0 Å². The van der Waals surface area contributed by atoms with E-state index >= 15 is 0 Å². The molecule has 0 bridgehead atoms. The third kappa shape index (κ3) is 1.95. The van der Waals surface area contributed by atoms with Crippen LogP contribution in [0.25, 0.3) is 10.8 Å². The minimum Gasteiger partial charge on any atom is -0.492 e.